The molecular formula is C24H24N2O4S. The summed E-state index contributed by atoms with van der Waals surface area (Å²) in [5.74, 6) is -1.02. The van der Waals surface area contributed by atoms with Gasteiger partial charge in [-0.15, -0.1) is 11.3 Å². The van der Waals surface area contributed by atoms with Gasteiger partial charge in [-0.1, -0.05) is 42.5 Å². The number of nitrogens with one attached hydrogen (secondary N) is 2. The number of methoxy groups -OCH3 is 1. The lowest BCUT2D eigenvalue weighted by Gasteiger charge is -2.16. The molecule has 1 heterocycles. The second-order valence-electron chi connectivity index (χ2n) is 7.74. The molecule has 1 fully saturated rings. The van der Waals surface area contributed by atoms with E-state index in [0.717, 1.165) is 29.2 Å². The number of rotatable bonds is 8. The minimum Gasteiger partial charge on any atom is -0.469 e. The van der Waals surface area contributed by atoms with Crippen molar-refractivity contribution in [1.82, 2.24) is 5.32 Å². The van der Waals surface area contributed by atoms with Crippen LogP contribution in [0.3, 0.4) is 0 Å². The summed E-state index contributed by atoms with van der Waals surface area (Å²) in [6.07, 6.45) is 2.32. The third kappa shape index (κ3) is 5.30. The highest BCUT2D eigenvalue weighted by atomic mass is 32.1. The number of amides is 2. The average molecular weight is 437 g/mol. The van der Waals surface area contributed by atoms with Crippen molar-refractivity contribution in [3.8, 4) is 0 Å². The number of hydrogen-bond acceptors (Lipinski definition) is 5. The predicted octanol–water partition coefficient (Wildman–Crippen LogP) is 4.01. The Morgan fingerprint density at radius 2 is 1.84 bits per heavy atom. The summed E-state index contributed by atoms with van der Waals surface area (Å²) in [6.45, 7) is 0.167. The molecule has 7 heteroatoms. The molecule has 1 saturated carbocycles. The van der Waals surface area contributed by atoms with Crippen LogP contribution in [0.1, 0.15) is 28.1 Å². The fourth-order valence-electron chi connectivity index (χ4n) is 3.45. The quantitative estimate of drug-likeness (QED) is 0.523. The maximum absolute atomic E-state index is 12.6. The molecule has 0 aliphatic heterocycles. The second-order valence-corrected chi connectivity index (χ2v) is 8.83. The first-order valence-electron chi connectivity index (χ1n) is 10.3. The number of hydrogen-bond donors (Lipinski definition) is 2. The van der Waals surface area contributed by atoms with Crippen LogP contribution in [-0.4, -0.2) is 31.4 Å². The van der Waals surface area contributed by atoms with Gasteiger partial charge in [-0.3, -0.25) is 14.4 Å². The number of fused-ring (bicyclic) bond motifs is 1. The van der Waals surface area contributed by atoms with E-state index in [2.05, 4.69) is 16.7 Å². The molecule has 1 aliphatic rings. The van der Waals surface area contributed by atoms with Crippen LogP contribution in [-0.2, 0) is 20.7 Å². The second kappa shape index (κ2) is 9.31. The Labute approximate surface area is 184 Å². The van der Waals surface area contributed by atoms with E-state index in [1.165, 1.54) is 18.4 Å². The molecule has 2 aromatic carbocycles. The summed E-state index contributed by atoms with van der Waals surface area (Å²) in [5.41, 5.74) is 1.00. The van der Waals surface area contributed by atoms with Crippen LogP contribution >= 0.6 is 11.3 Å². The molecule has 2 amide bonds. The highest BCUT2D eigenvalue weighted by molar-refractivity contribution is 7.18. The van der Waals surface area contributed by atoms with Gasteiger partial charge in [0.2, 0.25) is 5.91 Å². The van der Waals surface area contributed by atoms with E-state index in [9.17, 15) is 14.4 Å². The van der Waals surface area contributed by atoms with E-state index in [1.807, 2.05) is 36.4 Å². The van der Waals surface area contributed by atoms with Crippen molar-refractivity contribution in [3.05, 3.63) is 65.0 Å². The highest BCUT2D eigenvalue weighted by Gasteiger charge is 2.30. The summed E-state index contributed by atoms with van der Waals surface area (Å²) in [6, 6.07) is 17.5. The Kier molecular flexibility index (Phi) is 6.32. The van der Waals surface area contributed by atoms with E-state index in [4.69, 9.17) is 4.74 Å². The molecule has 0 saturated heterocycles. The third-order valence-corrected chi connectivity index (χ3v) is 6.36. The van der Waals surface area contributed by atoms with E-state index in [1.54, 1.807) is 12.1 Å². The van der Waals surface area contributed by atoms with E-state index >= 15 is 0 Å². The first kappa shape index (κ1) is 21.1. The molecule has 160 valence electrons. The third-order valence-electron chi connectivity index (χ3n) is 5.36. The van der Waals surface area contributed by atoms with Gasteiger partial charge in [-0.05, 0) is 47.7 Å². The van der Waals surface area contributed by atoms with Crippen molar-refractivity contribution < 1.29 is 19.1 Å². The van der Waals surface area contributed by atoms with Gasteiger partial charge in [0.05, 0.1) is 22.9 Å². The molecule has 2 N–H and O–H groups in total. The molecule has 3 aromatic rings. The maximum Gasteiger partial charge on any atom is 0.310 e. The van der Waals surface area contributed by atoms with Crippen LogP contribution in [0.15, 0.2) is 54.6 Å². The number of anilines is 1. The lowest BCUT2D eigenvalue weighted by atomic mass is 9.97. The van der Waals surface area contributed by atoms with Gasteiger partial charge in [-0.2, -0.15) is 0 Å². The van der Waals surface area contributed by atoms with E-state index < -0.39 is 5.92 Å². The van der Waals surface area contributed by atoms with Crippen molar-refractivity contribution in [3.63, 3.8) is 0 Å². The molecule has 1 aliphatic carbocycles. The average Bonchev–Trinajstić information content (AvgIpc) is 3.55. The smallest absolute Gasteiger partial charge is 0.310 e. The molecule has 0 spiro atoms. The molecule has 1 aromatic heterocycles. The predicted molar refractivity (Wildman–Crippen MR) is 121 cm³/mol. The van der Waals surface area contributed by atoms with E-state index in [0.29, 0.717) is 16.3 Å². The van der Waals surface area contributed by atoms with Gasteiger partial charge in [-0.25, -0.2) is 0 Å². The van der Waals surface area contributed by atoms with Crippen molar-refractivity contribution in [2.45, 2.75) is 19.3 Å². The topological polar surface area (TPSA) is 84.5 Å². The maximum atomic E-state index is 12.6. The van der Waals surface area contributed by atoms with Crippen LogP contribution in [0.2, 0.25) is 0 Å². The molecule has 1 atom stereocenters. The zero-order valence-electron chi connectivity index (χ0n) is 17.2. The van der Waals surface area contributed by atoms with Gasteiger partial charge in [0.1, 0.15) is 0 Å². The molecule has 0 radical (unpaired) electrons. The zero-order chi connectivity index (χ0) is 21.8. The fraction of sp³-hybridized carbons (Fsp3) is 0.292. The standard InChI is InChI=1S/C24H24N2O4S/c1-30-24(29)19(13-15-6-7-16-4-2-3-5-18(16)12-15)14-25-23(28)20-10-11-21(31-20)26-22(27)17-8-9-17/h2-7,10-12,17,19H,8-9,13-14H2,1H3,(H,25,28)(H,26,27). The summed E-state index contributed by atoms with van der Waals surface area (Å²) >= 11 is 1.23. The minimum atomic E-state index is -0.496. The fourth-order valence-corrected chi connectivity index (χ4v) is 4.28. The van der Waals surface area contributed by atoms with Crippen LogP contribution in [0.4, 0.5) is 5.00 Å². The van der Waals surface area contributed by atoms with E-state index in [-0.39, 0.29) is 30.2 Å². The lowest BCUT2D eigenvalue weighted by molar-refractivity contribution is -0.145. The van der Waals surface area contributed by atoms with Gasteiger partial charge < -0.3 is 15.4 Å². The first-order valence-corrected chi connectivity index (χ1v) is 11.1. The van der Waals surface area contributed by atoms with Gasteiger partial charge in [0.25, 0.3) is 5.91 Å². The Hall–Kier alpha value is -3.19. The molecular weight excluding hydrogens is 412 g/mol. The van der Waals surface area contributed by atoms with Gasteiger partial charge >= 0.3 is 5.97 Å². The SMILES string of the molecule is COC(=O)C(CNC(=O)c1ccc(NC(=O)C2CC2)s1)Cc1ccc2ccccc2c1. The van der Waals surface area contributed by atoms with Gasteiger partial charge in [0.15, 0.2) is 0 Å². The number of benzene rings is 2. The highest BCUT2D eigenvalue weighted by Crippen LogP contribution is 2.31. The first-order chi connectivity index (χ1) is 15.0. The van der Waals surface area contributed by atoms with Gasteiger partial charge in [0, 0.05) is 12.5 Å². The Morgan fingerprint density at radius 3 is 2.58 bits per heavy atom. The lowest BCUT2D eigenvalue weighted by Crippen LogP contribution is -2.34. The Morgan fingerprint density at radius 1 is 1.06 bits per heavy atom. The summed E-state index contributed by atoms with van der Waals surface area (Å²) < 4.78 is 4.95. The van der Waals surface area contributed by atoms with Crippen LogP contribution in [0.25, 0.3) is 10.8 Å². The summed E-state index contributed by atoms with van der Waals surface area (Å²) in [7, 11) is 1.35. The summed E-state index contributed by atoms with van der Waals surface area (Å²) in [5, 5.41) is 8.57. The number of carbonyl (C=O) groups is 3. The monoisotopic (exact) mass is 436 g/mol. The normalized spacial score (nSPS) is 14.1. The van der Waals surface area contributed by atoms with Crippen molar-refractivity contribution in [2.75, 3.05) is 19.0 Å². The number of esters is 1. The molecule has 4 rings (SSSR count). The number of ether oxygens (including phenoxy) is 1. The minimum absolute atomic E-state index is 0.00921. The van der Waals surface area contributed by atoms with Crippen LogP contribution in [0, 0.1) is 11.8 Å². The van der Waals surface area contributed by atoms with Crippen LogP contribution in [0.5, 0.6) is 0 Å². The Bertz CT molecular complexity index is 1120. The van der Waals surface area contributed by atoms with Crippen molar-refractivity contribution in [1.29, 1.82) is 0 Å². The molecule has 6 nitrogen and oxygen atoms in total. The number of thiophene rings is 1. The molecule has 31 heavy (non-hydrogen) atoms. The summed E-state index contributed by atoms with van der Waals surface area (Å²) in [4.78, 5) is 37.2. The molecule has 1 unspecified atom stereocenters. The van der Waals surface area contributed by atoms with Crippen molar-refractivity contribution in [2.24, 2.45) is 11.8 Å². The zero-order valence-corrected chi connectivity index (χ0v) is 18.0. The van der Waals surface area contributed by atoms with Crippen LogP contribution < -0.4 is 10.6 Å². The number of carbonyl (C=O) groups excluding carboxylic acids is 3. The Balaban J connectivity index is 1.38. The molecule has 0 bridgehead atoms. The largest absolute Gasteiger partial charge is 0.469 e. The van der Waals surface area contributed by atoms with Crippen molar-refractivity contribution >= 4 is 44.9 Å².